The fourth-order valence-electron chi connectivity index (χ4n) is 2.58. The molecule has 1 N–H and O–H groups in total. The highest BCUT2D eigenvalue weighted by Crippen LogP contribution is 2.14. The van der Waals surface area contributed by atoms with Gasteiger partial charge in [0, 0.05) is 29.7 Å². The van der Waals surface area contributed by atoms with Gasteiger partial charge in [0.15, 0.2) is 0 Å². The SMILES string of the molecule is CCCNC(Cc1ccc(Br)cc1)Cc1cc(C)nn1C. The molecule has 1 unspecified atom stereocenters. The number of benzene rings is 1. The lowest BCUT2D eigenvalue weighted by Gasteiger charge is -2.19. The Labute approximate surface area is 135 Å². The van der Waals surface area contributed by atoms with Crippen molar-refractivity contribution in [3.8, 4) is 0 Å². The minimum Gasteiger partial charge on any atom is -0.313 e. The maximum atomic E-state index is 4.45. The van der Waals surface area contributed by atoms with Crippen LogP contribution >= 0.6 is 15.9 Å². The highest BCUT2D eigenvalue weighted by molar-refractivity contribution is 9.10. The predicted octanol–water partition coefficient (Wildman–Crippen LogP) is 3.64. The van der Waals surface area contributed by atoms with Gasteiger partial charge < -0.3 is 5.32 Å². The molecule has 1 aromatic carbocycles. The van der Waals surface area contributed by atoms with E-state index in [1.165, 1.54) is 11.3 Å². The van der Waals surface area contributed by atoms with E-state index in [1.54, 1.807) is 0 Å². The number of hydrogen-bond acceptors (Lipinski definition) is 2. The van der Waals surface area contributed by atoms with Crippen LogP contribution in [0.15, 0.2) is 34.8 Å². The summed E-state index contributed by atoms with van der Waals surface area (Å²) in [5, 5.41) is 8.11. The molecule has 21 heavy (non-hydrogen) atoms. The van der Waals surface area contributed by atoms with Crippen LogP contribution in [0.3, 0.4) is 0 Å². The minimum absolute atomic E-state index is 0.445. The van der Waals surface area contributed by atoms with Crippen LogP contribution in [0.1, 0.15) is 30.3 Å². The molecule has 0 amide bonds. The van der Waals surface area contributed by atoms with Gasteiger partial charge in [-0.25, -0.2) is 0 Å². The molecule has 0 spiro atoms. The Balaban J connectivity index is 2.06. The number of aryl methyl sites for hydroxylation is 2. The quantitative estimate of drug-likeness (QED) is 0.826. The van der Waals surface area contributed by atoms with Gasteiger partial charge in [-0.05, 0) is 50.1 Å². The largest absolute Gasteiger partial charge is 0.313 e. The van der Waals surface area contributed by atoms with Crippen LogP contribution in [0.4, 0.5) is 0 Å². The molecule has 2 aromatic rings. The maximum Gasteiger partial charge on any atom is 0.0596 e. The molecule has 0 aliphatic carbocycles. The van der Waals surface area contributed by atoms with Gasteiger partial charge in [-0.2, -0.15) is 5.10 Å². The molecule has 3 nitrogen and oxygen atoms in total. The van der Waals surface area contributed by atoms with Gasteiger partial charge in [0.05, 0.1) is 5.69 Å². The van der Waals surface area contributed by atoms with Crippen LogP contribution in [-0.2, 0) is 19.9 Å². The van der Waals surface area contributed by atoms with E-state index in [4.69, 9.17) is 0 Å². The third-order valence-corrected chi connectivity index (χ3v) is 4.16. The first-order valence-corrected chi connectivity index (χ1v) is 8.35. The first kappa shape index (κ1) is 16.2. The second-order valence-electron chi connectivity index (χ2n) is 5.59. The number of aromatic nitrogens is 2. The number of rotatable bonds is 7. The maximum absolute atomic E-state index is 4.45. The smallest absolute Gasteiger partial charge is 0.0596 e. The normalized spacial score (nSPS) is 12.6. The Morgan fingerprint density at radius 2 is 1.95 bits per heavy atom. The Bertz CT molecular complexity index is 560. The van der Waals surface area contributed by atoms with E-state index in [0.29, 0.717) is 6.04 Å². The van der Waals surface area contributed by atoms with Crippen molar-refractivity contribution in [2.24, 2.45) is 7.05 Å². The molecule has 0 saturated carbocycles. The van der Waals surface area contributed by atoms with Crippen molar-refractivity contribution in [1.82, 2.24) is 15.1 Å². The van der Waals surface area contributed by atoms with Crippen molar-refractivity contribution < 1.29 is 0 Å². The molecule has 1 aromatic heterocycles. The van der Waals surface area contributed by atoms with Gasteiger partial charge in [-0.3, -0.25) is 4.68 Å². The van der Waals surface area contributed by atoms with Crippen molar-refractivity contribution in [2.45, 2.75) is 39.2 Å². The molecule has 0 fully saturated rings. The van der Waals surface area contributed by atoms with Crippen LogP contribution in [0.25, 0.3) is 0 Å². The van der Waals surface area contributed by atoms with Crippen LogP contribution in [0.2, 0.25) is 0 Å². The van der Waals surface area contributed by atoms with Crippen molar-refractivity contribution in [2.75, 3.05) is 6.54 Å². The summed E-state index contributed by atoms with van der Waals surface area (Å²) in [6.07, 6.45) is 3.20. The molecule has 2 rings (SSSR count). The lowest BCUT2D eigenvalue weighted by atomic mass is 10.0. The Morgan fingerprint density at radius 3 is 2.52 bits per heavy atom. The summed E-state index contributed by atoms with van der Waals surface area (Å²) in [7, 11) is 2.03. The molecule has 0 saturated heterocycles. The average Bonchev–Trinajstić information content (AvgIpc) is 2.76. The number of nitrogens with one attached hydrogen (secondary N) is 1. The summed E-state index contributed by atoms with van der Waals surface area (Å²) in [6.45, 7) is 5.31. The fraction of sp³-hybridized carbons (Fsp3) is 0.471. The van der Waals surface area contributed by atoms with Crippen LogP contribution in [0, 0.1) is 6.92 Å². The van der Waals surface area contributed by atoms with E-state index in [0.717, 1.165) is 36.0 Å². The summed E-state index contributed by atoms with van der Waals surface area (Å²) in [5.74, 6) is 0. The number of hydrogen-bond donors (Lipinski definition) is 1. The monoisotopic (exact) mass is 349 g/mol. The second kappa shape index (κ2) is 7.76. The molecular weight excluding hydrogens is 326 g/mol. The zero-order valence-corrected chi connectivity index (χ0v) is 14.7. The predicted molar refractivity (Wildman–Crippen MR) is 91.6 cm³/mol. The molecule has 114 valence electrons. The Hall–Kier alpha value is -1.13. The molecule has 0 aliphatic rings. The van der Waals surface area contributed by atoms with E-state index in [9.17, 15) is 0 Å². The molecule has 0 aliphatic heterocycles. The average molecular weight is 350 g/mol. The zero-order valence-electron chi connectivity index (χ0n) is 13.1. The van der Waals surface area contributed by atoms with Crippen molar-refractivity contribution in [3.63, 3.8) is 0 Å². The van der Waals surface area contributed by atoms with E-state index in [-0.39, 0.29) is 0 Å². The van der Waals surface area contributed by atoms with Gasteiger partial charge >= 0.3 is 0 Å². The van der Waals surface area contributed by atoms with Gasteiger partial charge in [0.1, 0.15) is 0 Å². The standard InChI is InChI=1S/C17H24BrN3/c1-4-9-19-16(11-14-5-7-15(18)8-6-14)12-17-10-13(2)20-21(17)3/h5-8,10,16,19H,4,9,11-12H2,1-3H3. The molecular formula is C17H24BrN3. The van der Waals surface area contributed by atoms with Gasteiger partial charge in [0.2, 0.25) is 0 Å². The summed E-state index contributed by atoms with van der Waals surface area (Å²) < 4.78 is 3.13. The van der Waals surface area contributed by atoms with Crippen molar-refractivity contribution in [3.05, 3.63) is 51.8 Å². The van der Waals surface area contributed by atoms with E-state index >= 15 is 0 Å². The lowest BCUT2D eigenvalue weighted by Crippen LogP contribution is -2.34. The van der Waals surface area contributed by atoms with Gasteiger partial charge in [-0.15, -0.1) is 0 Å². The molecule has 0 radical (unpaired) electrons. The van der Waals surface area contributed by atoms with Crippen molar-refractivity contribution >= 4 is 15.9 Å². The number of nitrogens with zero attached hydrogens (tertiary/aromatic N) is 2. The van der Waals surface area contributed by atoms with Crippen LogP contribution in [-0.4, -0.2) is 22.4 Å². The Morgan fingerprint density at radius 1 is 1.24 bits per heavy atom. The minimum atomic E-state index is 0.445. The van der Waals surface area contributed by atoms with Gasteiger partial charge in [0.25, 0.3) is 0 Å². The third-order valence-electron chi connectivity index (χ3n) is 3.63. The highest BCUT2D eigenvalue weighted by Gasteiger charge is 2.13. The highest BCUT2D eigenvalue weighted by atomic mass is 79.9. The lowest BCUT2D eigenvalue weighted by molar-refractivity contribution is 0.490. The first-order chi connectivity index (χ1) is 10.1. The van der Waals surface area contributed by atoms with E-state index in [2.05, 4.69) is 63.6 Å². The number of halogens is 1. The summed E-state index contributed by atoms with van der Waals surface area (Å²) in [4.78, 5) is 0. The van der Waals surface area contributed by atoms with Crippen LogP contribution in [0.5, 0.6) is 0 Å². The molecule has 4 heteroatoms. The summed E-state index contributed by atoms with van der Waals surface area (Å²) in [6, 6.07) is 11.2. The second-order valence-corrected chi connectivity index (χ2v) is 6.50. The van der Waals surface area contributed by atoms with E-state index in [1.807, 2.05) is 18.7 Å². The third kappa shape index (κ3) is 4.97. The van der Waals surface area contributed by atoms with Gasteiger partial charge in [-0.1, -0.05) is 35.0 Å². The first-order valence-electron chi connectivity index (χ1n) is 7.56. The summed E-state index contributed by atoms with van der Waals surface area (Å²) in [5.41, 5.74) is 3.74. The van der Waals surface area contributed by atoms with Crippen molar-refractivity contribution in [1.29, 1.82) is 0 Å². The molecule has 1 atom stereocenters. The molecule has 1 heterocycles. The van der Waals surface area contributed by atoms with Crippen LogP contribution < -0.4 is 5.32 Å². The fourth-order valence-corrected chi connectivity index (χ4v) is 2.84. The topological polar surface area (TPSA) is 29.9 Å². The zero-order chi connectivity index (χ0) is 15.2. The van der Waals surface area contributed by atoms with E-state index < -0.39 is 0 Å². The Kier molecular flexibility index (Phi) is 6.00. The molecule has 0 bridgehead atoms. The summed E-state index contributed by atoms with van der Waals surface area (Å²) >= 11 is 3.49.